The van der Waals surface area contributed by atoms with Gasteiger partial charge in [0.15, 0.2) is 0 Å². The summed E-state index contributed by atoms with van der Waals surface area (Å²) in [4.78, 5) is 27.7. The summed E-state index contributed by atoms with van der Waals surface area (Å²) in [5.74, 6) is 1.02. The van der Waals surface area contributed by atoms with Crippen molar-refractivity contribution < 1.29 is 24.2 Å². The van der Waals surface area contributed by atoms with Crippen LogP contribution in [-0.4, -0.2) is 70.8 Å². The molecule has 0 saturated carbocycles. The van der Waals surface area contributed by atoms with Gasteiger partial charge in [0.1, 0.15) is 30.3 Å². The average molecular weight is 550 g/mol. The fourth-order valence-corrected chi connectivity index (χ4v) is 4.83. The highest BCUT2D eigenvalue weighted by atomic mass is 35.5. The number of carbonyl (C=O) groups excluding carboxylic acids is 2. The third kappa shape index (κ3) is 7.08. The first-order valence-electron chi connectivity index (χ1n) is 12.4. The second kappa shape index (κ2) is 11.5. The molecule has 2 aliphatic rings. The van der Waals surface area contributed by atoms with Gasteiger partial charge >= 0.3 is 6.03 Å². The third-order valence-electron chi connectivity index (χ3n) is 6.77. The van der Waals surface area contributed by atoms with Gasteiger partial charge in [0.25, 0.3) is 5.91 Å². The van der Waals surface area contributed by atoms with Gasteiger partial charge < -0.3 is 19.9 Å². The second-order valence-corrected chi connectivity index (χ2v) is 11.0. The van der Waals surface area contributed by atoms with E-state index in [9.17, 15) is 14.7 Å². The second-order valence-electron chi connectivity index (χ2n) is 10.2. The number of urea groups is 1. The topological polar surface area (TPSA) is 91.3 Å². The summed E-state index contributed by atoms with van der Waals surface area (Å²) < 4.78 is 11.6. The molecule has 0 spiro atoms. The van der Waals surface area contributed by atoms with Crippen molar-refractivity contribution in [3.63, 3.8) is 0 Å². The molecule has 2 aromatic carbocycles. The monoisotopic (exact) mass is 549 g/mol. The molecule has 2 aliphatic heterocycles. The summed E-state index contributed by atoms with van der Waals surface area (Å²) >= 11 is 12.0. The van der Waals surface area contributed by atoms with Crippen molar-refractivity contribution in [3.8, 4) is 11.5 Å². The van der Waals surface area contributed by atoms with Gasteiger partial charge in [-0.1, -0.05) is 35.3 Å². The fourth-order valence-electron chi connectivity index (χ4n) is 4.55. The van der Waals surface area contributed by atoms with Gasteiger partial charge in [-0.2, -0.15) is 0 Å². The Hall–Kier alpha value is -2.52. The van der Waals surface area contributed by atoms with E-state index < -0.39 is 11.1 Å². The van der Waals surface area contributed by atoms with Crippen molar-refractivity contribution in [1.82, 2.24) is 15.1 Å². The van der Waals surface area contributed by atoms with Gasteiger partial charge in [0.2, 0.25) is 0 Å². The number of nitrogens with zero attached hydrogens (tertiary/aromatic N) is 2. The molecular formula is C27H33Cl2N3O5. The molecule has 2 aromatic rings. The molecule has 10 heteroatoms. The summed E-state index contributed by atoms with van der Waals surface area (Å²) in [6.07, 6.45) is 2.13. The zero-order valence-electron chi connectivity index (χ0n) is 21.1. The van der Waals surface area contributed by atoms with Crippen LogP contribution in [0.15, 0.2) is 42.5 Å². The maximum atomic E-state index is 12.3. The molecule has 2 saturated heterocycles. The van der Waals surface area contributed by atoms with Crippen LogP contribution in [0.4, 0.5) is 4.79 Å². The maximum Gasteiger partial charge on any atom is 0.325 e. The van der Waals surface area contributed by atoms with Crippen molar-refractivity contribution in [2.24, 2.45) is 0 Å². The van der Waals surface area contributed by atoms with E-state index in [2.05, 4.69) is 10.2 Å². The number of rotatable bonds is 9. The Labute approximate surface area is 227 Å². The standard InChI is InChI=1S/C27H33Cl2N3O5/c1-26(2)24(33)32(25(34)30-26)14-15-36-20-6-4-19(5-7-20)17-31-12-3-10-27(35,11-13-31)18-37-21-8-9-22(28)23(29)16-21/h4-9,16,35H,3,10-15,17-18H2,1-2H3,(H,30,34)/t27-/m1/s1. The summed E-state index contributed by atoms with van der Waals surface area (Å²) in [6, 6.07) is 12.5. The molecule has 0 radical (unpaired) electrons. The molecule has 0 aliphatic carbocycles. The van der Waals surface area contributed by atoms with Crippen LogP contribution in [0.2, 0.25) is 10.0 Å². The smallest absolute Gasteiger partial charge is 0.325 e. The van der Waals surface area contributed by atoms with Crippen molar-refractivity contribution in [2.45, 2.75) is 50.8 Å². The van der Waals surface area contributed by atoms with E-state index in [0.29, 0.717) is 34.4 Å². The van der Waals surface area contributed by atoms with E-state index in [1.165, 1.54) is 4.90 Å². The van der Waals surface area contributed by atoms with E-state index in [4.69, 9.17) is 32.7 Å². The van der Waals surface area contributed by atoms with Crippen LogP contribution in [0.1, 0.15) is 38.7 Å². The fraction of sp³-hybridized carbons (Fsp3) is 0.481. The lowest BCUT2D eigenvalue weighted by Gasteiger charge is -2.27. The Balaban J connectivity index is 1.22. The number of likely N-dealkylation sites (tertiary alicyclic amines) is 1. The Morgan fingerprint density at radius 3 is 2.38 bits per heavy atom. The molecule has 2 heterocycles. The summed E-state index contributed by atoms with van der Waals surface area (Å²) in [5, 5.41) is 14.7. The van der Waals surface area contributed by atoms with Crippen molar-refractivity contribution >= 4 is 35.1 Å². The lowest BCUT2D eigenvalue weighted by molar-refractivity contribution is -0.130. The zero-order valence-corrected chi connectivity index (χ0v) is 22.6. The van der Waals surface area contributed by atoms with Crippen LogP contribution < -0.4 is 14.8 Å². The predicted molar refractivity (Wildman–Crippen MR) is 142 cm³/mol. The van der Waals surface area contributed by atoms with Gasteiger partial charge in [-0.05, 0) is 69.5 Å². The number of ether oxygens (including phenoxy) is 2. The summed E-state index contributed by atoms with van der Waals surface area (Å²) in [6.45, 7) is 6.39. The predicted octanol–water partition coefficient (Wildman–Crippen LogP) is 4.50. The SMILES string of the molecule is CC1(C)NC(=O)N(CCOc2ccc(CN3CCC[C@](O)(COc4ccc(Cl)c(Cl)c4)CC3)cc2)C1=O. The van der Waals surface area contributed by atoms with E-state index in [0.717, 1.165) is 31.6 Å². The molecule has 8 nitrogen and oxygen atoms in total. The molecule has 0 aromatic heterocycles. The minimum atomic E-state index is -0.901. The normalized spacial score (nSPS) is 22.0. The van der Waals surface area contributed by atoms with Gasteiger partial charge in [-0.15, -0.1) is 0 Å². The number of benzene rings is 2. The summed E-state index contributed by atoms with van der Waals surface area (Å²) in [7, 11) is 0. The largest absolute Gasteiger partial charge is 0.492 e. The first kappa shape index (κ1) is 27.5. The Kier molecular flexibility index (Phi) is 8.53. The molecule has 4 rings (SSSR count). The lowest BCUT2D eigenvalue weighted by atomic mass is 9.96. The van der Waals surface area contributed by atoms with Crippen LogP contribution in [0.25, 0.3) is 0 Å². The number of nitrogens with one attached hydrogen (secondary N) is 1. The number of aliphatic hydroxyl groups is 1. The van der Waals surface area contributed by atoms with E-state index in [1.807, 2.05) is 24.3 Å². The zero-order chi connectivity index (χ0) is 26.6. The molecule has 2 fully saturated rings. The molecule has 200 valence electrons. The highest BCUT2D eigenvalue weighted by molar-refractivity contribution is 6.42. The first-order valence-corrected chi connectivity index (χ1v) is 13.2. The highest BCUT2D eigenvalue weighted by Crippen LogP contribution is 2.29. The number of hydrogen-bond donors (Lipinski definition) is 2. The van der Waals surface area contributed by atoms with Gasteiger partial charge in [0, 0.05) is 19.2 Å². The molecule has 0 bridgehead atoms. The van der Waals surface area contributed by atoms with Crippen molar-refractivity contribution in [2.75, 3.05) is 32.8 Å². The lowest BCUT2D eigenvalue weighted by Crippen LogP contribution is -2.40. The number of amides is 3. The van der Waals surface area contributed by atoms with Crippen molar-refractivity contribution in [1.29, 1.82) is 0 Å². The Morgan fingerprint density at radius 1 is 0.973 bits per heavy atom. The van der Waals surface area contributed by atoms with Crippen LogP contribution in [0, 0.1) is 0 Å². The van der Waals surface area contributed by atoms with Crippen LogP contribution >= 0.6 is 23.2 Å². The number of carbonyl (C=O) groups is 2. The van der Waals surface area contributed by atoms with Gasteiger partial charge in [-0.25, -0.2) is 4.79 Å². The van der Waals surface area contributed by atoms with Gasteiger partial charge in [-0.3, -0.25) is 14.6 Å². The minimum Gasteiger partial charge on any atom is -0.492 e. The first-order chi connectivity index (χ1) is 17.5. The number of hydrogen-bond acceptors (Lipinski definition) is 6. The molecule has 1 atom stereocenters. The van der Waals surface area contributed by atoms with Crippen LogP contribution in [0.5, 0.6) is 11.5 Å². The van der Waals surface area contributed by atoms with Gasteiger partial charge in [0.05, 0.1) is 22.2 Å². The summed E-state index contributed by atoms with van der Waals surface area (Å²) in [5.41, 5.74) is -0.637. The van der Waals surface area contributed by atoms with Crippen LogP contribution in [-0.2, 0) is 11.3 Å². The van der Waals surface area contributed by atoms with E-state index in [-0.39, 0.29) is 31.7 Å². The highest BCUT2D eigenvalue weighted by Gasteiger charge is 2.43. The number of halogens is 2. The van der Waals surface area contributed by atoms with Crippen molar-refractivity contribution in [3.05, 3.63) is 58.1 Å². The average Bonchev–Trinajstić information content (AvgIpc) is 2.97. The Bertz CT molecular complexity index is 1130. The molecule has 0 unspecified atom stereocenters. The third-order valence-corrected chi connectivity index (χ3v) is 7.51. The number of imide groups is 1. The molecule has 37 heavy (non-hydrogen) atoms. The van der Waals surface area contributed by atoms with E-state index >= 15 is 0 Å². The van der Waals surface area contributed by atoms with E-state index in [1.54, 1.807) is 32.0 Å². The van der Waals surface area contributed by atoms with Crippen LogP contribution in [0.3, 0.4) is 0 Å². The Morgan fingerprint density at radius 2 is 1.70 bits per heavy atom. The molecular weight excluding hydrogens is 517 g/mol. The molecule has 3 amide bonds. The quantitative estimate of drug-likeness (QED) is 0.447. The maximum absolute atomic E-state index is 12.3. The molecule has 2 N–H and O–H groups in total. The minimum absolute atomic E-state index is 0.196.